The minimum absolute atomic E-state index is 0.263. The minimum atomic E-state index is -5.22. The standard InChI is InChI=1S/C21H11F2NO9S/c22-12-4-10-15(6-14(12)25)33-18-11(5-13(23)17(24)19(18)34(30,31)32)16(10)8-2-1-7(20(26)27)3-9(8)21(28)29/h1-6H,24H2,(H,26,27)(H,28,29)(H,30,31,32). The average Bonchev–Trinajstić information content (AvgIpc) is 2.73. The molecule has 0 radical (unpaired) electrons. The van der Waals surface area contributed by atoms with Crippen molar-refractivity contribution in [2.24, 2.45) is 0 Å². The topological polar surface area (TPSA) is 185 Å². The summed E-state index contributed by atoms with van der Waals surface area (Å²) in [6.07, 6.45) is 0. The fourth-order valence-corrected chi connectivity index (χ4v) is 4.36. The molecule has 13 heteroatoms. The van der Waals surface area contributed by atoms with Crippen molar-refractivity contribution in [3.05, 3.63) is 69.4 Å². The van der Waals surface area contributed by atoms with E-state index >= 15 is 0 Å². The van der Waals surface area contributed by atoms with E-state index in [0.29, 0.717) is 18.2 Å². The van der Waals surface area contributed by atoms with E-state index in [4.69, 9.17) is 10.2 Å². The first-order chi connectivity index (χ1) is 15.8. The molecule has 4 rings (SSSR count). The molecule has 10 nitrogen and oxygen atoms in total. The Balaban J connectivity index is 2.34. The lowest BCUT2D eigenvalue weighted by Crippen LogP contribution is -2.11. The first-order valence-electron chi connectivity index (χ1n) is 9.07. The molecule has 1 aliphatic carbocycles. The van der Waals surface area contributed by atoms with Gasteiger partial charge in [-0.25, -0.2) is 18.4 Å². The molecule has 0 aromatic heterocycles. The van der Waals surface area contributed by atoms with Crippen molar-refractivity contribution in [3.63, 3.8) is 0 Å². The lowest BCUT2D eigenvalue weighted by Gasteiger charge is -2.19. The number of benzene rings is 3. The van der Waals surface area contributed by atoms with Gasteiger partial charge in [0.15, 0.2) is 16.3 Å². The van der Waals surface area contributed by atoms with E-state index in [9.17, 15) is 46.3 Å². The molecule has 0 amide bonds. The van der Waals surface area contributed by atoms with Crippen molar-refractivity contribution >= 4 is 38.7 Å². The van der Waals surface area contributed by atoms with Gasteiger partial charge in [0, 0.05) is 22.6 Å². The highest BCUT2D eigenvalue weighted by atomic mass is 32.2. The van der Waals surface area contributed by atoms with Crippen LogP contribution < -0.4 is 11.2 Å². The first-order valence-corrected chi connectivity index (χ1v) is 10.5. The van der Waals surface area contributed by atoms with Crippen molar-refractivity contribution in [1.29, 1.82) is 0 Å². The highest BCUT2D eigenvalue weighted by Crippen LogP contribution is 2.45. The van der Waals surface area contributed by atoms with E-state index in [1.807, 2.05) is 0 Å². The van der Waals surface area contributed by atoms with Crippen molar-refractivity contribution in [2.45, 2.75) is 4.90 Å². The van der Waals surface area contributed by atoms with Crippen LogP contribution in [0.3, 0.4) is 0 Å². The summed E-state index contributed by atoms with van der Waals surface area (Å²) in [5.41, 5.74) is 0.674. The quantitative estimate of drug-likeness (QED) is 0.188. The Morgan fingerprint density at radius 2 is 1.62 bits per heavy atom. The smallest absolute Gasteiger partial charge is 0.336 e. The Labute approximate surface area is 187 Å². The molecular formula is C21H11F2NO9S. The van der Waals surface area contributed by atoms with Gasteiger partial charge in [-0.2, -0.15) is 8.42 Å². The zero-order chi connectivity index (χ0) is 25.1. The Hall–Kier alpha value is -4.36. The van der Waals surface area contributed by atoms with E-state index in [-0.39, 0.29) is 16.7 Å². The number of anilines is 1. The molecule has 2 aromatic carbocycles. The lowest BCUT2D eigenvalue weighted by molar-refractivity contribution is 0.0696. The molecule has 174 valence electrons. The summed E-state index contributed by atoms with van der Waals surface area (Å²) in [5.74, 6) is -6.14. The van der Waals surface area contributed by atoms with Crippen LogP contribution in [0.1, 0.15) is 20.7 Å². The molecule has 0 spiro atoms. The van der Waals surface area contributed by atoms with E-state index in [2.05, 4.69) is 0 Å². The number of halogens is 2. The monoisotopic (exact) mass is 491 g/mol. The number of hydrogen-bond acceptors (Lipinski definition) is 7. The van der Waals surface area contributed by atoms with Gasteiger partial charge in [0.25, 0.3) is 10.1 Å². The summed E-state index contributed by atoms with van der Waals surface area (Å²) in [6.45, 7) is 0. The van der Waals surface area contributed by atoms with Crippen molar-refractivity contribution in [2.75, 3.05) is 5.73 Å². The fourth-order valence-electron chi connectivity index (χ4n) is 3.60. The third-order valence-corrected chi connectivity index (χ3v) is 5.95. The molecule has 0 fully saturated rings. The van der Waals surface area contributed by atoms with Crippen LogP contribution in [0.5, 0.6) is 0 Å². The van der Waals surface area contributed by atoms with Crippen LogP contribution in [-0.2, 0) is 10.1 Å². The molecule has 2 aliphatic rings. The van der Waals surface area contributed by atoms with Gasteiger partial charge in [-0.05, 0) is 29.8 Å². The molecule has 5 N–H and O–H groups in total. The van der Waals surface area contributed by atoms with Crippen LogP contribution in [0.15, 0.2) is 50.5 Å². The zero-order valence-electron chi connectivity index (χ0n) is 16.5. The summed E-state index contributed by atoms with van der Waals surface area (Å²) >= 11 is 0. The third kappa shape index (κ3) is 3.52. The fraction of sp³-hybridized carbons (Fsp3) is 0. The third-order valence-electron chi connectivity index (χ3n) is 5.03. The highest BCUT2D eigenvalue weighted by Gasteiger charge is 2.30. The van der Waals surface area contributed by atoms with E-state index in [0.717, 1.165) is 18.2 Å². The number of carbonyl (C=O) groups is 2. The first kappa shape index (κ1) is 22.8. The van der Waals surface area contributed by atoms with Gasteiger partial charge in [-0.3, -0.25) is 9.35 Å². The number of rotatable bonds is 4. The van der Waals surface area contributed by atoms with Gasteiger partial charge >= 0.3 is 11.9 Å². The summed E-state index contributed by atoms with van der Waals surface area (Å²) in [5, 5.41) is 18.4. The lowest BCUT2D eigenvalue weighted by atomic mass is 9.89. The maximum Gasteiger partial charge on any atom is 0.336 e. The Morgan fingerprint density at radius 1 is 0.941 bits per heavy atom. The van der Waals surface area contributed by atoms with Crippen LogP contribution in [0.4, 0.5) is 14.5 Å². The summed E-state index contributed by atoms with van der Waals surface area (Å²) < 4.78 is 67.9. The molecule has 34 heavy (non-hydrogen) atoms. The largest absolute Gasteiger partial charge is 0.478 e. The molecule has 1 aliphatic heterocycles. The maximum atomic E-state index is 14.6. The predicted octanol–water partition coefficient (Wildman–Crippen LogP) is 3.07. The second kappa shape index (κ2) is 7.60. The van der Waals surface area contributed by atoms with Gasteiger partial charge in [-0.15, -0.1) is 0 Å². The van der Waals surface area contributed by atoms with Crippen LogP contribution in [0.25, 0.3) is 33.4 Å². The molecule has 2 aromatic rings. The number of carboxylic acids is 2. The zero-order valence-corrected chi connectivity index (χ0v) is 17.3. The normalized spacial score (nSPS) is 11.7. The van der Waals surface area contributed by atoms with Crippen LogP contribution >= 0.6 is 0 Å². The number of nitrogen functional groups attached to an aromatic ring is 1. The summed E-state index contributed by atoms with van der Waals surface area (Å²) in [7, 11) is -5.22. The van der Waals surface area contributed by atoms with Gasteiger partial charge in [0.2, 0.25) is 5.43 Å². The van der Waals surface area contributed by atoms with E-state index in [1.165, 1.54) is 0 Å². The summed E-state index contributed by atoms with van der Waals surface area (Å²) in [4.78, 5) is 33.9. The second-order valence-electron chi connectivity index (χ2n) is 7.08. The average molecular weight is 491 g/mol. The van der Waals surface area contributed by atoms with Crippen molar-refractivity contribution < 1.29 is 46.0 Å². The number of fused-ring (bicyclic) bond motifs is 2. The van der Waals surface area contributed by atoms with Gasteiger partial charge < -0.3 is 20.4 Å². The second-order valence-corrected chi connectivity index (χ2v) is 8.44. The van der Waals surface area contributed by atoms with Crippen LogP contribution in [0.2, 0.25) is 0 Å². The predicted molar refractivity (Wildman–Crippen MR) is 113 cm³/mol. The number of aromatic carboxylic acids is 2. The molecule has 0 atom stereocenters. The molecule has 0 saturated heterocycles. The van der Waals surface area contributed by atoms with Crippen molar-refractivity contribution in [3.8, 4) is 22.5 Å². The van der Waals surface area contributed by atoms with Gasteiger partial charge in [0.1, 0.15) is 11.6 Å². The molecule has 0 unspecified atom stereocenters. The van der Waals surface area contributed by atoms with Crippen molar-refractivity contribution in [1.82, 2.24) is 0 Å². The van der Waals surface area contributed by atoms with E-state index in [1.54, 1.807) is 0 Å². The molecule has 0 saturated carbocycles. The summed E-state index contributed by atoms with van der Waals surface area (Å²) in [6, 6.07) is 4.84. The SMILES string of the molecule is Nc1c(F)cc2c(-c3ccc(C(=O)O)cc3C(=O)O)c3cc(F)c(=O)cc-3oc2c1S(=O)(=O)O. The van der Waals surface area contributed by atoms with Gasteiger partial charge in [-0.1, -0.05) is 6.07 Å². The van der Waals surface area contributed by atoms with Crippen LogP contribution in [0, 0.1) is 11.6 Å². The Kier molecular flexibility index (Phi) is 5.10. The van der Waals surface area contributed by atoms with Gasteiger partial charge in [0.05, 0.1) is 16.8 Å². The van der Waals surface area contributed by atoms with E-state index < -0.39 is 77.6 Å². The Morgan fingerprint density at radius 3 is 2.21 bits per heavy atom. The number of nitrogens with two attached hydrogens (primary N) is 1. The Bertz CT molecular complexity index is 1690. The minimum Gasteiger partial charge on any atom is -0.478 e. The molecular weight excluding hydrogens is 480 g/mol. The highest BCUT2D eigenvalue weighted by molar-refractivity contribution is 7.86. The number of carboxylic acid groups (broad SMARTS) is 2. The molecule has 1 heterocycles. The maximum absolute atomic E-state index is 14.6. The van der Waals surface area contributed by atoms with Crippen LogP contribution in [-0.4, -0.2) is 35.1 Å². The molecule has 0 bridgehead atoms. The number of hydrogen-bond donors (Lipinski definition) is 4.